The fraction of sp³-hybridized carbons (Fsp3) is 0.286. The molecule has 0 amide bonds. The second-order valence-electron chi connectivity index (χ2n) is 4.52. The predicted octanol–water partition coefficient (Wildman–Crippen LogP) is 2.77. The molecule has 1 heterocycles. The molecule has 0 unspecified atom stereocenters. The Kier molecular flexibility index (Phi) is 3.38. The second-order valence-corrected chi connectivity index (χ2v) is 4.52. The fourth-order valence-electron chi connectivity index (χ4n) is 2.30. The number of carboxylic acids is 1. The fourth-order valence-corrected chi connectivity index (χ4v) is 2.30. The van der Waals surface area contributed by atoms with E-state index in [4.69, 9.17) is 0 Å². The molecule has 0 radical (unpaired) electrons. The average Bonchev–Trinajstić information content (AvgIpc) is 2.61. The molecule has 4 nitrogen and oxygen atoms in total. The van der Waals surface area contributed by atoms with Crippen LogP contribution in [0.25, 0.3) is 10.9 Å². The number of nitrogens with zero attached hydrogens (tertiary/aromatic N) is 1. The van der Waals surface area contributed by atoms with Gasteiger partial charge < -0.3 is 9.67 Å². The van der Waals surface area contributed by atoms with Crippen LogP contribution in [0.4, 0.5) is 4.39 Å². The van der Waals surface area contributed by atoms with Gasteiger partial charge in [-0.05, 0) is 25.5 Å². The molecule has 0 aliphatic rings. The highest BCUT2D eigenvalue weighted by Gasteiger charge is 2.21. The molecule has 2 aromatic rings. The van der Waals surface area contributed by atoms with Gasteiger partial charge in [0.2, 0.25) is 0 Å². The molecule has 1 aromatic heterocycles. The molecular formula is C14H14FNO3. The van der Waals surface area contributed by atoms with Crippen LogP contribution in [0.2, 0.25) is 0 Å². The van der Waals surface area contributed by atoms with Crippen molar-refractivity contribution in [3.8, 4) is 0 Å². The largest absolute Gasteiger partial charge is 0.477 e. The molecule has 0 spiro atoms. The number of aromatic nitrogens is 1. The molecule has 0 fully saturated rings. The van der Waals surface area contributed by atoms with Crippen molar-refractivity contribution < 1.29 is 19.1 Å². The van der Waals surface area contributed by atoms with Gasteiger partial charge in [-0.25, -0.2) is 9.18 Å². The van der Waals surface area contributed by atoms with E-state index in [1.54, 1.807) is 19.1 Å². The number of carbonyl (C=O) groups is 2. The molecular weight excluding hydrogens is 249 g/mol. The van der Waals surface area contributed by atoms with Gasteiger partial charge in [-0.15, -0.1) is 0 Å². The summed E-state index contributed by atoms with van der Waals surface area (Å²) >= 11 is 0. The van der Waals surface area contributed by atoms with Crippen molar-refractivity contribution in [2.24, 2.45) is 0 Å². The van der Waals surface area contributed by atoms with Crippen molar-refractivity contribution in [2.75, 3.05) is 0 Å². The SMILES string of the molecule is CC(=O)CCn1c(C(=O)O)c(C)c2cccc(F)c21. The average molecular weight is 263 g/mol. The number of carboxylic acid groups (broad SMARTS) is 1. The Morgan fingerprint density at radius 1 is 1.37 bits per heavy atom. The first-order chi connectivity index (χ1) is 8.93. The summed E-state index contributed by atoms with van der Waals surface area (Å²) in [4.78, 5) is 22.4. The Balaban J connectivity index is 2.72. The zero-order chi connectivity index (χ0) is 14.2. The third-order valence-corrected chi connectivity index (χ3v) is 3.18. The third-order valence-electron chi connectivity index (χ3n) is 3.18. The first kappa shape index (κ1) is 13.3. The van der Waals surface area contributed by atoms with Crippen LogP contribution in [0, 0.1) is 12.7 Å². The Morgan fingerprint density at radius 3 is 2.63 bits per heavy atom. The van der Waals surface area contributed by atoms with Gasteiger partial charge in [-0.3, -0.25) is 4.79 Å². The lowest BCUT2D eigenvalue weighted by molar-refractivity contribution is -0.117. The number of carbonyl (C=O) groups excluding carboxylic acids is 1. The van der Waals surface area contributed by atoms with Crippen molar-refractivity contribution in [3.63, 3.8) is 0 Å². The molecule has 19 heavy (non-hydrogen) atoms. The van der Waals surface area contributed by atoms with Crippen LogP contribution in [0.3, 0.4) is 0 Å². The summed E-state index contributed by atoms with van der Waals surface area (Å²) in [6.07, 6.45) is 0.178. The molecule has 0 bridgehead atoms. The van der Waals surface area contributed by atoms with Crippen LogP contribution in [0.15, 0.2) is 18.2 Å². The van der Waals surface area contributed by atoms with E-state index < -0.39 is 11.8 Å². The highest BCUT2D eigenvalue weighted by Crippen LogP contribution is 2.28. The van der Waals surface area contributed by atoms with Crippen LogP contribution in [-0.2, 0) is 11.3 Å². The lowest BCUT2D eigenvalue weighted by Gasteiger charge is -2.07. The summed E-state index contributed by atoms with van der Waals surface area (Å²) in [7, 11) is 0. The summed E-state index contributed by atoms with van der Waals surface area (Å²) < 4.78 is 15.3. The second kappa shape index (κ2) is 4.84. The van der Waals surface area contributed by atoms with Crippen LogP contribution >= 0.6 is 0 Å². The van der Waals surface area contributed by atoms with Gasteiger partial charge in [0.15, 0.2) is 0 Å². The minimum atomic E-state index is -1.11. The molecule has 2 rings (SSSR count). The van der Waals surface area contributed by atoms with E-state index >= 15 is 0 Å². The molecule has 1 N–H and O–H groups in total. The normalized spacial score (nSPS) is 10.9. The molecule has 5 heteroatoms. The van der Waals surface area contributed by atoms with Gasteiger partial charge in [0.05, 0.1) is 5.52 Å². The van der Waals surface area contributed by atoms with Gasteiger partial charge in [0.1, 0.15) is 17.3 Å². The molecule has 0 aliphatic carbocycles. The monoisotopic (exact) mass is 263 g/mol. The summed E-state index contributed by atoms with van der Waals surface area (Å²) in [6.45, 7) is 3.24. The molecule has 0 aliphatic heterocycles. The number of para-hydroxylation sites is 1. The first-order valence-corrected chi connectivity index (χ1v) is 5.93. The smallest absolute Gasteiger partial charge is 0.352 e. The number of aryl methyl sites for hydroxylation is 2. The standard InChI is InChI=1S/C14H14FNO3/c1-8(17)6-7-16-12(14(18)19)9(2)10-4-3-5-11(15)13(10)16/h3-5H,6-7H2,1-2H3,(H,18,19). The van der Waals surface area contributed by atoms with Crippen molar-refractivity contribution >= 4 is 22.7 Å². The summed E-state index contributed by atoms with van der Waals surface area (Å²) in [5, 5.41) is 9.85. The number of rotatable bonds is 4. The number of aromatic carboxylic acids is 1. The zero-order valence-corrected chi connectivity index (χ0v) is 10.7. The van der Waals surface area contributed by atoms with Gasteiger partial charge in [-0.1, -0.05) is 12.1 Å². The number of hydrogen-bond donors (Lipinski definition) is 1. The minimum Gasteiger partial charge on any atom is -0.477 e. The van der Waals surface area contributed by atoms with Crippen LogP contribution < -0.4 is 0 Å². The van der Waals surface area contributed by atoms with Gasteiger partial charge in [0, 0.05) is 18.4 Å². The Labute approximate surface area is 109 Å². The van der Waals surface area contributed by atoms with Crippen molar-refractivity contribution in [2.45, 2.75) is 26.8 Å². The zero-order valence-electron chi connectivity index (χ0n) is 10.7. The van der Waals surface area contributed by atoms with E-state index in [1.165, 1.54) is 17.6 Å². The highest BCUT2D eigenvalue weighted by molar-refractivity contribution is 5.98. The maximum Gasteiger partial charge on any atom is 0.352 e. The summed E-state index contributed by atoms with van der Waals surface area (Å²) in [6, 6.07) is 4.52. The van der Waals surface area contributed by atoms with Crippen LogP contribution in [0.1, 0.15) is 29.4 Å². The van der Waals surface area contributed by atoms with Crippen molar-refractivity contribution in [1.29, 1.82) is 0 Å². The van der Waals surface area contributed by atoms with E-state index in [0.29, 0.717) is 10.9 Å². The van der Waals surface area contributed by atoms with Crippen LogP contribution in [0.5, 0.6) is 0 Å². The van der Waals surface area contributed by atoms with E-state index in [9.17, 15) is 19.1 Å². The Morgan fingerprint density at radius 2 is 2.05 bits per heavy atom. The first-order valence-electron chi connectivity index (χ1n) is 5.93. The number of ketones is 1. The van der Waals surface area contributed by atoms with Gasteiger partial charge in [-0.2, -0.15) is 0 Å². The molecule has 0 atom stereocenters. The van der Waals surface area contributed by atoms with Crippen molar-refractivity contribution in [3.05, 3.63) is 35.3 Å². The number of hydrogen-bond acceptors (Lipinski definition) is 2. The molecule has 0 saturated heterocycles. The van der Waals surface area contributed by atoms with Crippen molar-refractivity contribution in [1.82, 2.24) is 4.57 Å². The van der Waals surface area contributed by atoms with Crippen LogP contribution in [-0.4, -0.2) is 21.4 Å². The maximum atomic E-state index is 13.9. The molecule has 0 saturated carbocycles. The number of fused-ring (bicyclic) bond motifs is 1. The number of benzene rings is 1. The summed E-state index contributed by atoms with van der Waals surface area (Å²) in [5.41, 5.74) is 0.811. The number of halogens is 1. The highest BCUT2D eigenvalue weighted by atomic mass is 19.1. The molecule has 100 valence electrons. The summed E-state index contributed by atoms with van der Waals surface area (Å²) in [5.74, 6) is -1.65. The maximum absolute atomic E-state index is 13.9. The Hall–Kier alpha value is -2.17. The topological polar surface area (TPSA) is 59.3 Å². The van der Waals surface area contributed by atoms with E-state index in [2.05, 4.69) is 0 Å². The number of Topliss-reactive ketones (excluding diaryl/α,β-unsaturated/α-hetero) is 1. The van der Waals surface area contributed by atoms with E-state index in [-0.39, 0.29) is 30.0 Å². The lowest BCUT2D eigenvalue weighted by atomic mass is 10.1. The van der Waals surface area contributed by atoms with E-state index in [1.807, 2.05) is 0 Å². The molecule has 1 aromatic carbocycles. The Bertz CT molecular complexity index is 673. The van der Waals surface area contributed by atoms with Gasteiger partial charge >= 0.3 is 5.97 Å². The lowest BCUT2D eigenvalue weighted by Crippen LogP contribution is -2.12. The quantitative estimate of drug-likeness (QED) is 0.922. The van der Waals surface area contributed by atoms with Gasteiger partial charge in [0.25, 0.3) is 0 Å². The predicted molar refractivity (Wildman–Crippen MR) is 68.9 cm³/mol. The third kappa shape index (κ3) is 2.23. The minimum absolute atomic E-state index is 0.0429. The van der Waals surface area contributed by atoms with E-state index in [0.717, 1.165) is 0 Å².